The van der Waals surface area contributed by atoms with Gasteiger partial charge in [0.2, 0.25) is 0 Å². The van der Waals surface area contributed by atoms with Crippen LogP contribution in [0.2, 0.25) is 0 Å². The van der Waals surface area contributed by atoms with E-state index in [-0.39, 0.29) is 18.2 Å². The molecule has 0 radical (unpaired) electrons. The van der Waals surface area contributed by atoms with Crippen LogP contribution in [0.15, 0.2) is 332 Å². The normalized spacial score (nSPS) is 15.8. The summed E-state index contributed by atoms with van der Waals surface area (Å²) in [5, 5.41) is 23.0. The Labute approximate surface area is 670 Å². The molecule has 0 saturated heterocycles. The SMILES string of the molecule is C1=CCCC(C2N=C(c3ccc(-c4ccc5c(c4)c4ccccc4n5-c4cccc5c4sc4ccc(-c6ccc7c8c(sc7c6)=CCC(c6nc(-c7ccccc7)nc(-c7ccccc7)n6)C=8)cc45)cc3)NC(c3ccc4sc5cc(-c6ccc7sc8cc(-n9c%10ccccc%10c%10ccccc%109)ccc8c7c6)ccc5c4c3)N2)=C1. The summed E-state index contributed by atoms with van der Waals surface area (Å²) in [6.07, 6.45) is 13.9. The molecule has 0 spiro atoms. The van der Waals surface area contributed by atoms with Crippen molar-refractivity contribution in [3.05, 3.63) is 354 Å². The minimum atomic E-state index is -0.183. The van der Waals surface area contributed by atoms with E-state index in [9.17, 15) is 0 Å². The maximum atomic E-state index is 5.45. The second-order valence-electron chi connectivity index (χ2n) is 30.3. The second-order valence-corrected chi connectivity index (χ2v) is 34.6. The molecule has 7 aromatic heterocycles. The van der Waals surface area contributed by atoms with E-state index < -0.39 is 0 Å². The molecule has 0 bridgehead atoms. The van der Waals surface area contributed by atoms with Crippen molar-refractivity contribution in [1.29, 1.82) is 0 Å². The third-order valence-corrected chi connectivity index (χ3v) is 28.3. The van der Waals surface area contributed by atoms with Crippen molar-refractivity contribution < 1.29 is 0 Å². The van der Waals surface area contributed by atoms with E-state index in [4.69, 9.17) is 19.9 Å². The van der Waals surface area contributed by atoms with Crippen LogP contribution in [0.5, 0.6) is 0 Å². The first-order valence-electron chi connectivity index (χ1n) is 39.0. The average Bonchev–Trinajstić information content (AvgIpc) is 1.55. The molecule has 8 heterocycles. The molecule has 538 valence electrons. The van der Waals surface area contributed by atoms with E-state index in [0.717, 1.165) is 53.2 Å². The number of hydrogen-bond acceptors (Lipinski definition) is 10. The number of nitrogens with zero attached hydrogens (tertiary/aromatic N) is 6. The van der Waals surface area contributed by atoms with E-state index in [1.54, 1.807) is 0 Å². The standard InChI is InChI=1S/C102H66N8S4/c1-4-17-60(18-5-1)97-103-98(61-19-6-2-7-20-61)106-101(105-97)69-40-49-90-81(54-69)76-44-36-68(57-94(76)112-90)66-39-48-92-83(53-66)78-26-16-30-88(96(78)114-92)110-86-29-15-12-25-74(86)79-51-64(37-46-87(79)110)59-31-33-63(34-32-59)100-104-99(62-21-8-3-9-22-62)107-102(108-100)70-41-50-91-82(55-70)75-43-35-67(56-93(75)111-91)65-38-47-89-80(52-65)77-45-42-71(58-95(77)113-89)109-84-27-13-10-23-72(84)73-24-11-14-28-85(73)109/h1-8,10-21,23-39,41-58,69,99,102,107H,9,22,40H2,(H,104,108). The highest BCUT2D eigenvalue weighted by molar-refractivity contribution is 7.27. The maximum absolute atomic E-state index is 5.45. The number of para-hydroxylation sites is 3. The zero-order chi connectivity index (χ0) is 74.6. The van der Waals surface area contributed by atoms with Crippen LogP contribution in [0.4, 0.5) is 0 Å². The molecule has 14 aromatic carbocycles. The van der Waals surface area contributed by atoms with Crippen molar-refractivity contribution in [1.82, 2.24) is 34.7 Å². The summed E-state index contributed by atoms with van der Waals surface area (Å²) in [7, 11) is 0. The number of benzene rings is 14. The summed E-state index contributed by atoms with van der Waals surface area (Å²) in [4.78, 5) is 20.7. The molecule has 24 rings (SSSR count). The van der Waals surface area contributed by atoms with Gasteiger partial charge < -0.3 is 14.5 Å². The van der Waals surface area contributed by atoms with Gasteiger partial charge in [0, 0.05) is 120 Å². The summed E-state index contributed by atoms with van der Waals surface area (Å²) in [6, 6.07) is 112. The monoisotopic (exact) mass is 1530 g/mol. The minimum absolute atomic E-state index is 0.0113. The summed E-state index contributed by atoms with van der Waals surface area (Å²) < 4.78 is 15.2. The Kier molecular flexibility index (Phi) is 15.1. The van der Waals surface area contributed by atoms with Crippen molar-refractivity contribution in [2.45, 2.75) is 37.5 Å². The second kappa shape index (κ2) is 26.3. The Bertz CT molecular complexity index is 7750. The number of fused-ring (bicyclic) bond motifs is 18. The lowest BCUT2D eigenvalue weighted by molar-refractivity contribution is 0.425. The van der Waals surface area contributed by atoms with Crippen molar-refractivity contribution >= 4 is 178 Å². The predicted molar refractivity (Wildman–Crippen MR) is 484 cm³/mol. The van der Waals surface area contributed by atoms with Gasteiger partial charge in [-0.05, 0) is 166 Å². The Morgan fingerprint density at radius 3 is 1.61 bits per heavy atom. The summed E-state index contributed by atoms with van der Waals surface area (Å²) in [5.41, 5.74) is 19.9. The van der Waals surface area contributed by atoms with Crippen LogP contribution in [0.1, 0.15) is 48.3 Å². The van der Waals surface area contributed by atoms with Crippen molar-refractivity contribution in [3.8, 4) is 67.5 Å². The van der Waals surface area contributed by atoms with Gasteiger partial charge in [-0.15, -0.1) is 45.3 Å². The first-order chi connectivity index (χ1) is 56.4. The number of rotatable bonds is 11. The molecule has 2 N–H and O–H groups in total. The Hall–Kier alpha value is -13.0. The number of aliphatic imine (C=N–C) groups is 1. The Balaban J connectivity index is 0.507. The van der Waals surface area contributed by atoms with Crippen LogP contribution in [-0.4, -0.2) is 36.1 Å². The molecule has 3 unspecified atom stereocenters. The summed E-state index contributed by atoms with van der Waals surface area (Å²) in [5.74, 6) is 3.08. The third-order valence-electron chi connectivity index (χ3n) is 23.7. The van der Waals surface area contributed by atoms with Gasteiger partial charge in [0.05, 0.1) is 32.5 Å². The molecule has 1 aliphatic heterocycles. The molecular formula is C102H66N8S4. The number of amidine groups is 1. The van der Waals surface area contributed by atoms with E-state index >= 15 is 0 Å². The van der Waals surface area contributed by atoms with Crippen LogP contribution in [0, 0.1) is 0 Å². The highest BCUT2D eigenvalue weighted by Gasteiger charge is 2.29. The van der Waals surface area contributed by atoms with Gasteiger partial charge in [0.15, 0.2) is 11.6 Å². The predicted octanol–water partition coefficient (Wildman–Crippen LogP) is 25.7. The summed E-state index contributed by atoms with van der Waals surface area (Å²) in [6.45, 7) is 0. The zero-order valence-electron chi connectivity index (χ0n) is 61.4. The van der Waals surface area contributed by atoms with E-state index in [2.05, 4.69) is 317 Å². The molecular weight excluding hydrogens is 1470 g/mol. The largest absolute Gasteiger partial charge is 0.350 e. The molecule has 0 fully saturated rings. The average molecular weight is 1530 g/mol. The van der Waals surface area contributed by atoms with Gasteiger partial charge in [-0.25, -0.2) is 19.9 Å². The zero-order valence-corrected chi connectivity index (χ0v) is 64.7. The fourth-order valence-electron chi connectivity index (χ4n) is 18.0. The quantitative estimate of drug-likeness (QED) is 0.135. The smallest absolute Gasteiger partial charge is 0.163 e. The number of allylic oxidation sites excluding steroid dienone is 3. The van der Waals surface area contributed by atoms with Gasteiger partial charge in [-0.2, -0.15) is 0 Å². The first kappa shape index (κ1) is 65.7. The number of nitrogens with one attached hydrogen (secondary N) is 2. The van der Waals surface area contributed by atoms with Crippen LogP contribution in [-0.2, 0) is 0 Å². The van der Waals surface area contributed by atoms with E-state index in [1.807, 2.05) is 81.7 Å². The first-order valence-corrected chi connectivity index (χ1v) is 42.3. The van der Waals surface area contributed by atoms with Gasteiger partial charge >= 0.3 is 0 Å². The minimum Gasteiger partial charge on any atom is -0.350 e. The van der Waals surface area contributed by atoms with Gasteiger partial charge in [0.1, 0.15) is 24.0 Å². The Morgan fingerprint density at radius 1 is 0.368 bits per heavy atom. The molecule has 0 saturated carbocycles. The molecule has 8 nitrogen and oxygen atoms in total. The van der Waals surface area contributed by atoms with Crippen LogP contribution >= 0.6 is 45.3 Å². The van der Waals surface area contributed by atoms with Gasteiger partial charge in [-0.1, -0.05) is 237 Å². The molecule has 2 aliphatic carbocycles. The van der Waals surface area contributed by atoms with Gasteiger partial charge in [-0.3, -0.25) is 5.32 Å². The lowest BCUT2D eigenvalue weighted by Gasteiger charge is -2.33. The highest BCUT2D eigenvalue weighted by Crippen LogP contribution is 2.46. The molecule has 114 heavy (non-hydrogen) atoms. The van der Waals surface area contributed by atoms with Gasteiger partial charge in [0.25, 0.3) is 0 Å². The molecule has 3 aliphatic rings. The van der Waals surface area contributed by atoms with E-state index in [1.165, 1.54) is 174 Å². The highest BCUT2D eigenvalue weighted by atomic mass is 32.1. The number of hydrogen-bond donors (Lipinski definition) is 2. The maximum Gasteiger partial charge on any atom is 0.163 e. The van der Waals surface area contributed by atoms with Crippen LogP contribution in [0.3, 0.4) is 0 Å². The van der Waals surface area contributed by atoms with Crippen molar-refractivity contribution in [2.24, 2.45) is 4.99 Å². The van der Waals surface area contributed by atoms with Crippen LogP contribution < -0.4 is 20.4 Å². The van der Waals surface area contributed by atoms with Crippen LogP contribution in [0.25, 0.3) is 194 Å². The van der Waals surface area contributed by atoms with Crippen molar-refractivity contribution in [2.75, 3.05) is 0 Å². The molecule has 0 amide bonds. The topological polar surface area (TPSA) is 84.9 Å². The lowest BCUT2D eigenvalue weighted by Crippen LogP contribution is -2.49. The fourth-order valence-corrected chi connectivity index (χ4v) is 22.7. The number of aromatic nitrogens is 5. The van der Waals surface area contributed by atoms with Crippen molar-refractivity contribution in [3.63, 3.8) is 0 Å². The molecule has 21 aromatic rings. The molecule has 3 atom stereocenters. The Morgan fingerprint density at radius 2 is 0.904 bits per heavy atom. The molecule has 12 heteroatoms. The number of thiophene rings is 4. The lowest BCUT2D eigenvalue weighted by atomic mass is 9.97. The summed E-state index contributed by atoms with van der Waals surface area (Å²) >= 11 is 7.50. The third kappa shape index (κ3) is 10.8. The van der Waals surface area contributed by atoms with E-state index in [0.29, 0.717) is 11.6 Å². The fraction of sp³-hybridized carbons (Fsp3) is 0.0588.